The lowest BCUT2D eigenvalue weighted by molar-refractivity contribution is -0.121. The van der Waals surface area contributed by atoms with Crippen molar-refractivity contribution in [1.82, 2.24) is 5.32 Å². The number of carbonyl (C=O) groups is 2. The van der Waals surface area contributed by atoms with Gasteiger partial charge in [-0.05, 0) is 60.9 Å². The van der Waals surface area contributed by atoms with E-state index < -0.39 is 0 Å². The molecule has 0 aliphatic rings. The van der Waals surface area contributed by atoms with Crippen molar-refractivity contribution in [1.29, 1.82) is 0 Å². The number of amides is 3. The van der Waals surface area contributed by atoms with Crippen molar-refractivity contribution in [2.24, 2.45) is 0 Å². The molecule has 0 saturated heterocycles. The van der Waals surface area contributed by atoms with Crippen molar-refractivity contribution in [3.63, 3.8) is 0 Å². The number of nitrogens with zero attached hydrogens (tertiary/aromatic N) is 1. The fourth-order valence-electron chi connectivity index (χ4n) is 3.32. The summed E-state index contributed by atoms with van der Waals surface area (Å²) in [6.07, 6.45) is 1.74. The van der Waals surface area contributed by atoms with Crippen LogP contribution in [0.5, 0.6) is 5.75 Å². The first-order valence-corrected chi connectivity index (χ1v) is 11.2. The lowest BCUT2D eigenvalue weighted by Gasteiger charge is -2.23. The fourth-order valence-corrected chi connectivity index (χ4v) is 3.51. The first kappa shape index (κ1) is 24.1. The number of benzene rings is 3. The largest absolute Gasteiger partial charge is 0.497 e. The van der Waals surface area contributed by atoms with Crippen LogP contribution in [0, 0.1) is 0 Å². The van der Waals surface area contributed by atoms with Crippen LogP contribution in [-0.4, -0.2) is 32.1 Å². The first-order valence-electron chi connectivity index (χ1n) is 10.8. The molecule has 0 fully saturated rings. The number of hydrogen-bond donors (Lipinski definition) is 2. The van der Waals surface area contributed by atoms with E-state index in [4.69, 9.17) is 16.3 Å². The van der Waals surface area contributed by atoms with Gasteiger partial charge in [-0.2, -0.15) is 0 Å². The summed E-state index contributed by atoms with van der Waals surface area (Å²) in [5.74, 6) is 0.706. The minimum atomic E-state index is -0.280. The summed E-state index contributed by atoms with van der Waals surface area (Å²) in [5, 5.41) is 6.36. The molecule has 0 aliphatic carbocycles. The standard InChI is InChI=1S/C26H28ClN3O3/c1-33-24-14-12-23(13-15-24)30(26(32)29-22-10-5-9-21(27)19-22)18-6-17-28-25(31)16-11-20-7-3-2-4-8-20/h2-5,7-10,12-15,19H,6,11,16-18H2,1H3,(H,28,31)(H,29,32). The number of hydrogen-bond acceptors (Lipinski definition) is 3. The summed E-state index contributed by atoms with van der Waals surface area (Å²) < 4.78 is 5.22. The van der Waals surface area contributed by atoms with Crippen molar-refractivity contribution in [2.75, 3.05) is 30.4 Å². The van der Waals surface area contributed by atoms with Gasteiger partial charge in [-0.15, -0.1) is 0 Å². The van der Waals surface area contributed by atoms with E-state index in [0.29, 0.717) is 48.8 Å². The molecule has 3 rings (SSSR count). The minimum Gasteiger partial charge on any atom is -0.497 e. The average Bonchev–Trinajstić information content (AvgIpc) is 2.83. The van der Waals surface area contributed by atoms with E-state index in [1.807, 2.05) is 42.5 Å². The summed E-state index contributed by atoms with van der Waals surface area (Å²) in [6, 6.07) is 23.9. The van der Waals surface area contributed by atoms with Crippen LogP contribution in [0.2, 0.25) is 5.02 Å². The Labute approximate surface area is 199 Å². The molecular formula is C26H28ClN3O3. The summed E-state index contributed by atoms with van der Waals surface area (Å²) in [6.45, 7) is 0.905. The SMILES string of the molecule is COc1ccc(N(CCCNC(=O)CCc2ccccc2)C(=O)Nc2cccc(Cl)c2)cc1. The van der Waals surface area contributed by atoms with E-state index in [1.165, 1.54) is 0 Å². The maximum Gasteiger partial charge on any atom is 0.326 e. The maximum absolute atomic E-state index is 13.0. The number of methoxy groups -OCH3 is 1. The number of aryl methyl sites for hydroxylation is 1. The second kappa shape index (κ2) is 12.5. The van der Waals surface area contributed by atoms with Gasteiger partial charge in [0.15, 0.2) is 0 Å². The Morgan fingerprint density at radius 3 is 2.42 bits per heavy atom. The first-order chi connectivity index (χ1) is 16.0. The predicted molar refractivity (Wildman–Crippen MR) is 133 cm³/mol. The number of urea groups is 1. The van der Waals surface area contributed by atoms with Gasteiger partial charge in [-0.3, -0.25) is 9.69 Å². The molecule has 0 heterocycles. The van der Waals surface area contributed by atoms with Crippen molar-refractivity contribution in [3.8, 4) is 5.75 Å². The third-order valence-electron chi connectivity index (χ3n) is 5.07. The quantitative estimate of drug-likeness (QED) is 0.387. The van der Waals surface area contributed by atoms with Gasteiger partial charge in [0.2, 0.25) is 5.91 Å². The summed E-state index contributed by atoms with van der Waals surface area (Å²) in [4.78, 5) is 26.8. The Hall–Kier alpha value is -3.51. The van der Waals surface area contributed by atoms with Crippen molar-refractivity contribution in [2.45, 2.75) is 19.3 Å². The molecule has 0 atom stereocenters. The Kier molecular flexibility index (Phi) is 9.15. The monoisotopic (exact) mass is 465 g/mol. The van der Waals surface area contributed by atoms with Gasteiger partial charge in [0.25, 0.3) is 0 Å². The lowest BCUT2D eigenvalue weighted by Crippen LogP contribution is -2.37. The molecule has 0 unspecified atom stereocenters. The molecule has 0 spiro atoms. The van der Waals surface area contributed by atoms with Crippen molar-refractivity contribution < 1.29 is 14.3 Å². The van der Waals surface area contributed by atoms with E-state index in [9.17, 15) is 9.59 Å². The topological polar surface area (TPSA) is 70.7 Å². The zero-order valence-corrected chi connectivity index (χ0v) is 19.3. The highest BCUT2D eigenvalue weighted by atomic mass is 35.5. The fraction of sp³-hybridized carbons (Fsp3) is 0.231. The molecule has 3 aromatic carbocycles. The van der Waals surface area contributed by atoms with Crippen LogP contribution in [-0.2, 0) is 11.2 Å². The normalized spacial score (nSPS) is 10.4. The smallest absolute Gasteiger partial charge is 0.326 e. The summed E-state index contributed by atoms with van der Waals surface area (Å²) in [5.41, 5.74) is 2.47. The zero-order valence-electron chi connectivity index (χ0n) is 18.6. The zero-order chi connectivity index (χ0) is 23.5. The molecule has 172 valence electrons. The van der Waals surface area contributed by atoms with Gasteiger partial charge in [-0.1, -0.05) is 48.0 Å². The van der Waals surface area contributed by atoms with E-state index >= 15 is 0 Å². The Morgan fingerprint density at radius 1 is 0.970 bits per heavy atom. The molecular weight excluding hydrogens is 438 g/mol. The molecule has 0 aromatic heterocycles. The molecule has 2 N–H and O–H groups in total. The van der Waals surface area contributed by atoms with Crippen molar-refractivity contribution >= 4 is 34.9 Å². The molecule has 0 saturated carbocycles. The lowest BCUT2D eigenvalue weighted by atomic mass is 10.1. The maximum atomic E-state index is 13.0. The van der Waals surface area contributed by atoms with E-state index in [-0.39, 0.29) is 11.9 Å². The van der Waals surface area contributed by atoms with Gasteiger partial charge in [0.05, 0.1) is 7.11 Å². The van der Waals surface area contributed by atoms with Crippen LogP contribution < -0.4 is 20.3 Å². The van der Waals surface area contributed by atoms with E-state index in [0.717, 1.165) is 11.3 Å². The molecule has 3 amide bonds. The van der Waals surface area contributed by atoms with Crippen molar-refractivity contribution in [3.05, 3.63) is 89.4 Å². The highest BCUT2D eigenvalue weighted by Gasteiger charge is 2.16. The number of ether oxygens (including phenoxy) is 1. The molecule has 0 bridgehead atoms. The third kappa shape index (κ3) is 7.84. The highest BCUT2D eigenvalue weighted by molar-refractivity contribution is 6.30. The summed E-state index contributed by atoms with van der Waals surface area (Å²) in [7, 11) is 1.60. The van der Waals surface area contributed by atoms with Crippen LogP contribution >= 0.6 is 11.6 Å². The Balaban J connectivity index is 1.55. The number of carbonyl (C=O) groups excluding carboxylic acids is 2. The van der Waals surface area contributed by atoms with E-state index in [2.05, 4.69) is 10.6 Å². The molecule has 7 heteroatoms. The van der Waals surface area contributed by atoms with Crippen LogP contribution in [0.3, 0.4) is 0 Å². The van der Waals surface area contributed by atoms with Gasteiger partial charge in [0, 0.05) is 35.9 Å². The number of halogens is 1. The molecule has 33 heavy (non-hydrogen) atoms. The average molecular weight is 466 g/mol. The second-order valence-corrected chi connectivity index (χ2v) is 7.92. The molecule has 0 radical (unpaired) electrons. The highest BCUT2D eigenvalue weighted by Crippen LogP contribution is 2.21. The summed E-state index contributed by atoms with van der Waals surface area (Å²) >= 11 is 6.04. The Morgan fingerprint density at radius 2 is 1.73 bits per heavy atom. The van der Waals surface area contributed by atoms with Gasteiger partial charge in [0.1, 0.15) is 5.75 Å². The molecule has 0 aliphatic heterocycles. The minimum absolute atomic E-state index is 0.00164. The van der Waals surface area contributed by atoms with Crippen LogP contribution in [0.25, 0.3) is 0 Å². The van der Waals surface area contributed by atoms with Gasteiger partial charge >= 0.3 is 6.03 Å². The van der Waals surface area contributed by atoms with Gasteiger partial charge < -0.3 is 15.4 Å². The van der Waals surface area contributed by atoms with Crippen LogP contribution in [0.1, 0.15) is 18.4 Å². The molecule has 6 nitrogen and oxygen atoms in total. The number of rotatable bonds is 10. The van der Waals surface area contributed by atoms with Crippen LogP contribution in [0.15, 0.2) is 78.9 Å². The number of nitrogens with one attached hydrogen (secondary N) is 2. The van der Waals surface area contributed by atoms with E-state index in [1.54, 1.807) is 48.4 Å². The molecule has 3 aromatic rings. The van der Waals surface area contributed by atoms with Crippen LogP contribution in [0.4, 0.5) is 16.2 Å². The van der Waals surface area contributed by atoms with Gasteiger partial charge in [-0.25, -0.2) is 4.79 Å². The Bertz CT molecular complexity index is 1040. The third-order valence-corrected chi connectivity index (χ3v) is 5.30. The predicted octanol–water partition coefficient (Wildman–Crippen LogP) is 5.53. The second-order valence-electron chi connectivity index (χ2n) is 7.48. The number of anilines is 2.